The number of carbonyl (C=O) groups is 2. The molecule has 0 saturated carbocycles. The summed E-state index contributed by atoms with van der Waals surface area (Å²) in [4.78, 5) is 31.3. The number of hydrogen-bond donors (Lipinski definition) is 3. The van der Waals surface area contributed by atoms with Crippen molar-refractivity contribution in [3.05, 3.63) is 52.5 Å². The van der Waals surface area contributed by atoms with Gasteiger partial charge in [-0.2, -0.15) is 0 Å². The summed E-state index contributed by atoms with van der Waals surface area (Å²) in [5, 5.41) is 10.4. The van der Waals surface area contributed by atoms with Crippen LogP contribution in [0.3, 0.4) is 0 Å². The van der Waals surface area contributed by atoms with Crippen LogP contribution in [0.1, 0.15) is 16.5 Å². The van der Waals surface area contributed by atoms with E-state index in [0.29, 0.717) is 6.54 Å². The van der Waals surface area contributed by atoms with Gasteiger partial charge in [0.15, 0.2) is 0 Å². The Morgan fingerprint density at radius 2 is 2.28 bits per heavy atom. The van der Waals surface area contributed by atoms with Crippen molar-refractivity contribution < 1.29 is 9.59 Å². The summed E-state index contributed by atoms with van der Waals surface area (Å²) in [6.45, 7) is 2.90. The Hall–Kier alpha value is -2.29. The maximum absolute atomic E-state index is 12.2. The van der Waals surface area contributed by atoms with E-state index >= 15 is 0 Å². The Bertz CT molecular complexity index is 692. The van der Waals surface area contributed by atoms with Gasteiger partial charge in [0.1, 0.15) is 0 Å². The molecule has 1 aliphatic heterocycles. The highest BCUT2D eigenvalue weighted by atomic mass is 32.1. The van der Waals surface area contributed by atoms with E-state index in [-0.39, 0.29) is 18.5 Å². The number of amides is 3. The third-order valence-corrected chi connectivity index (χ3v) is 4.90. The first-order valence-electron chi connectivity index (χ1n) is 8.17. The number of nitrogens with one attached hydrogen (secondary N) is 3. The first-order valence-corrected chi connectivity index (χ1v) is 9.05. The third kappa shape index (κ3) is 5.09. The molecular weight excluding hydrogens is 338 g/mol. The van der Waals surface area contributed by atoms with Crippen molar-refractivity contribution in [2.45, 2.75) is 12.6 Å². The van der Waals surface area contributed by atoms with Gasteiger partial charge in [-0.3, -0.25) is 20.0 Å². The molecule has 2 aromatic heterocycles. The number of thiophene rings is 1. The Kier molecular flexibility index (Phi) is 6.10. The van der Waals surface area contributed by atoms with Crippen molar-refractivity contribution in [1.29, 1.82) is 0 Å². The zero-order valence-corrected chi connectivity index (χ0v) is 14.6. The highest BCUT2D eigenvalue weighted by Gasteiger charge is 2.26. The number of carbonyl (C=O) groups excluding carboxylic acids is 2. The number of nitrogens with zero attached hydrogens (tertiary/aromatic N) is 2. The standard InChI is InChI=1S/C17H21N5O2S/c23-16(21-17(24)20-10-14-4-2-8-25-14)12-22-7-6-19-11-15(22)13-3-1-5-18-9-13/h1-5,8-9,15,19H,6-7,10-12H2,(H2,20,21,23,24). The first-order chi connectivity index (χ1) is 12.2. The molecule has 0 bridgehead atoms. The van der Waals surface area contributed by atoms with E-state index < -0.39 is 6.03 Å². The zero-order chi connectivity index (χ0) is 17.5. The minimum Gasteiger partial charge on any atom is -0.333 e. The van der Waals surface area contributed by atoms with Crippen LogP contribution in [0.2, 0.25) is 0 Å². The fourth-order valence-electron chi connectivity index (χ4n) is 2.81. The normalized spacial score (nSPS) is 17.8. The number of piperazine rings is 1. The van der Waals surface area contributed by atoms with Crippen molar-refractivity contribution in [2.75, 3.05) is 26.2 Å². The van der Waals surface area contributed by atoms with Crippen LogP contribution in [-0.4, -0.2) is 48.0 Å². The fourth-order valence-corrected chi connectivity index (χ4v) is 3.46. The van der Waals surface area contributed by atoms with Crippen molar-refractivity contribution in [3.63, 3.8) is 0 Å². The fraction of sp³-hybridized carbons (Fsp3) is 0.353. The van der Waals surface area contributed by atoms with Crippen LogP contribution in [0, 0.1) is 0 Å². The van der Waals surface area contributed by atoms with Crippen LogP contribution in [0.5, 0.6) is 0 Å². The predicted molar refractivity (Wildman–Crippen MR) is 96.1 cm³/mol. The van der Waals surface area contributed by atoms with Gasteiger partial charge >= 0.3 is 6.03 Å². The smallest absolute Gasteiger partial charge is 0.321 e. The third-order valence-electron chi connectivity index (χ3n) is 4.03. The van der Waals surface area contributed by atoms with E-state index in [9.17, 15) is 9.59 Å². The number of imide groups is 1. The molecule has 3 amide bonds. The Morgan fingerprint density at radius 1 is 1.36 bits per heavy atom. The van der Waals surface area contributed by atoms with Gasteiger partial charge in [-0.15, -0.1) is 11.3 Å². The van der Waals surface area contributed by atoms with Crippen LogP contribution in [0.25, 0.3) is 0 Å². The summed E-state index contributed by atoms with van der Waals surface area (Å²) in [5.41, 5.74) is 1.06. The van der Waals surface area contributed by atoms with Crippen molar-refractivity contribution in [2.24, 2.45) is 0 Å². The lowest BCUT2D eigenvalue weighted by Gasteiger charge is -2.35. The molecule has 1 aliphatic rings. The van der Waals surface area contributed by atoms with Gasteiger partial charge in [-0.05, 0) is 23.1 Å². The largest absolute Gasteiger partial charge is 0.333 e. The van der Waals surface area contributed by atoms with Gasteiger partial charge in [-0.25, -0.2) is 4.79 Å². The Labute approximate surface area is 150 Å². The van der Waals surface area contributed by atoms with E-state index in [2.05, 4.69) is 25.8 Å². The van der Waals surface area contributed by atoms with Gasteiger partial charge < -0.3 is 10.6 Å². The van der Waals surface area contributed by atoms with E-state index in [1.165, 1.54) is 0 Å². The summed E-state index contributed by atoms with van der Waals surface area (Å²) < 4.78 is 0. The lowest BCUT2D eigenvalue weighted by atomic mass is 10.1. The molecule has 0 aromatic carbocycles. The maximum Gasteiger partial charge on any atom is 0.321 e. The topological polar surface area (TPSA) is 86.4 Å². The molecule has 3 heterocycles. The summed E-state index contributed by atoms with van der Waals surface area (Å²) >= 11 is 1.56. The molecule has 132 valence electrons. The average Bonchev–Trinajstić information content (AvgIpc) is 3.15. The quantitative estimate of drug-likeness (QED) is 0.745. The minimum absolute atomic E-state index is 0.0716. The second kappa shape index (κ2) is 8.70. The van der Waals surface area contributed by atoms with E-state index in [4.69, 9.17) is 0 Å². The number of aromatic nitrogens is 1. The number of urea groups is 1. The monoisotopic (exact) mass is 359 g/mol. The number of hydrogen-bond acceptors (Lipinski definition) is 6. The summed E-state index contributed by atoms with van der Waals surface area (Å²) in [6, 6.07) is 7.36. The lowest BCUT2D eigenvalue weighted by Crippen LogP contribution is -2.51. The highest BCUT2D eigenvalue weighted by molar-refractivity contribution is 7.09. The number of pyridine rings is 1. The van der Waals surface area contributed by atoms with Crippen LogP contribution in [0.4, 0.5) is 4.79 Å². The molecule has 25 heavy (non-hydrogen) atoms. The Morgan fingerprint density at radius 3 is 3.04 bits per heavy atom. The molecule has 0 spiro atoms. The second-order valence-corrected chi connectivity index (χ2v) is 6.82. The first kappa shape index (κ1) is 17.5. The molecule has 0 aliphatic carbocycles. The van der Waals surface area contributed by atoms with Gasteiger partial charge in [0.05, 0.1) is 13.1 Å². The minimum atomic E-state index is -0.466. The molecule has 1 saturated heterocycles. The van der Waals surface area contributed by atoms with E-state index in [1.807, 2.05) is 35.8 Å². The molecule has 1 fully saturated rings. The molecule has 2 aromatic rings. The highest BCUT2D eigenvalue weighted by Crippen LogP contribution is 2.20. The molecule has 3 N–H and O–H groups in total. The maximum atomic E-state index is 12.2. The van der Waals surface area contributed by atoms with Crippen molar-refractivity contribution >= 4 is 23.3 Å². The van der Waals surface area contributed by atoms with Gasteiger partial charge in [0, 0.05) is 42.9 Å². The van der Waals surface area contributed by atoms with Crippen molar-refractivity contribution in [1.82, 2.24) is 25.8 Å². The number of rotatable bonds is 5. The van der Waals surface area contributed by atoms with E-state index in [1.54, 1.807) is 17.5 Å². The summed E-state index contributed by atoms with van der Waals surface area (Å²) in [5.74, 6) is -0.306. The van der Waals surface area contributed by atoms with Crippen LogP contribution < -0.4 is 16.0 Å². The zero-order valence-electron chi connectivity index (χ0n) is 13.8. The molecule has 1 unspecified atom stereocenters. The molecule has 3 rings (SSSR count). The SMILES string of the molecule is O=C(CN1CCNCC1c1cccnc1)NC(=O)NCc1cccs1. The van der Waals surface area contributed by atoms with Gasteiger partial charge in [0.2, 0.25) is 5.91 Å². The Balaban J connectivity index is 1.51. The van der Waals surface area contributed by atoms with Gasteiger partial charge in [-0.1, -0.05) is 12.1 Å². The van der Waals surface area contributed by atoms with E-state index in [0.717, 1.165) is 30.1 Å². The summed E-state index contributed by atoms with van der Waals surface area (Å²) in [6.07, 6.45) is 3.55. The average molecular weight is 359 g/mol. The molecule has 8 heteroatoms. The van der Waals surface area contributed by atoms with Gasteiger partial charge in [0.25, 0.3) is 0 Å². The molecule has 0 radical (unpaired) electrons. The lowest BCUT2D eigenvalue weighted by molar-refractivity contribution is -0.122. The van der Waals surface area contributed by atoms with Crippen LogP contribution in [0.15, 0.2) is 42.0 Å². The van der Waals surface area contributed by atoms with Crippen LogP contribution >= 0.6 is 11.3 Å². The predicted octanol–water partition coefficient (Wildman–Crippen LogP) is 1.12. The molecular formula is C17H21N5O2S. The molecule has 1 atom stereocenters. The molecule has 7 nitrogen and oxygen atoms in total. The second-order valence-electron chi connectivity index (χ2n) is 5.79. The summed E-state index contributed by atoms with van der Waals surface area (Å²) in [7, 11) is 0. The van der Waals surface area contributed by atoms with Crippen LogP contribution in [-0.2, 0) is 11.3 Å². The van der Waals surface area contributed by atoms with Crippen molar-refractivity contribution in [3.8, 4) is 0 Å².